The zero-order chi connectivity index (χ0) is 22.6. The van der Waals surface area contributed by atoms with Crippen LogP contribution in [0.3, 0.4) is 0 Å². The van der Waals surface area contributed by atoms with E-state index in [-0.39, 0.29) is 17.6 Å². The Labute approximate surface area is 196 Å². The van der Waals surface area contributed by atoms with Crippen molar-refractivity contribution in [3.8, 4) is 0 Å². The van der Waals surface area contributed by atoms with Gasteiger partial charge in [0.1, 0.15) is 5.82 Å². The minimum Gasteiger partial charge on any atom is -0.366 e. The first-order valence-electron chi connectivity index (χ1n) is 9.75. The number of nitrogens with one attached hydrogen (secondary N) is 1. The summed E-state index contributed by atoms with van der Waals surface area (Å²) >= 11 is 16.7. The van der Waals surface area contributed by atoms with Crippen LogP contribution in [0.25, 0.3) is 11.0 Å². The van der Waals surface area contributed by atoms with Gasteiger partial charge in [0.05, 0.1) is 17.7 Å². The summed E-state index contributed by atoms with van der Waals surface area (Å²) in [6.07, 6.45) is 3.53. The second-order valence-electron chi connectivity index (χ2n) is 7.58. The topological polar surface area (TPSA) is 105 Å². The number of nitrogens with zero attached hydrogens (tertiary/aromatic N) is 4. The molecule has 3 heterocycles. The van der Waals surface area contributed by atoms with Gasteiger partial charge in [-0.05, 0) is 49.9 Å². The Morgan fingerprint density at radius 1 is 1.23 bits per heavy atom. The summed E-state index contributed by atoms with van der Waals surface area (Å²) in [5, 5.41) is 25.5. The Bertz CT molecular complexity index is 1020. The number of rotatable bonds is 5. The van der Waals surface area contributed by atoms with E-state index in [9.17, 15) is 0 Å². The second-order valence-corrected chi connectivity index (χ2v) is 8.69. The van der Waals surface area contributed by atoms with Crippen molar-refractivity contribution in [2.24, 2.45) is 0 Å². The molecule has 2 aromatic heterocycles. The first-order chi connectivity index (χ1) is 14.7. The molecule has 2 atom stereocenters. The van der Waals surface area contributed by atoms with Crippen LogP contribution in [-0.2, 0) is 11.3 Å². The Kier molecular flexibility index (Phi) is 8.01. The monoisotopic (exact) mass is 485 g/mol. The average molecular weight is 486 g/mol. The van der Waals surface area contributed by atoms with Gasteiger partial charge < -0.3 is 20.3 Å². The fraction of sp³-hybridized carbons (Fsp3) is 0.450. The second kappa shape index (κ2) is 10.3. The minimum atomic E-state index is -1.50. The van der Waals surface area contributed by atoms with Gasteiger partial charge in [-0.3, -0.25) is 0 Å². The Balaban J connectivity index is 0.000000491. The Morgan fingerprint density at radius 3 is 2.58 bits per heavy atom. The third kappa shape index (κ3) is 6.68. The first-order valence-corrected chi connectivity index (χ1v) is 11.1. The molecule has 31 heavy (non-hydrogen) atoms. The fourth-order valence-electron chi connectivity index (χ4n) is 3.07. The Morgan fingerprint density at radius 2 is 1.94 bits per heavy atom. The maximum absolute atomic E-state index is 8.08. The van der Waals surface area contributed by atoms with E-state index in [0.717, 1.165) is 23.8 Å². The lowest BCUT2D eigenvalue weighted by Gasteiger charge is -2.14. The van der Waals surface area contributed by atoms with Crippen LogP contribution in [0.2, 0.25) is 10.3 Å². The molecule has 0 aliphatic carbocycles. The molecule has 1 aromatic carbocycles. The number of anilines is 1. The molecule has 0 radical (unpaired) electrons. The van der Waals surface area contributed by atoms with Gasteiger partial charge in [-0.25, -0.2) is 4.68 Å². The molecule has 3 aromatic rings. The molecule has 3 N–H and O–H groups in total. The summed E-state index contributed by atoms with van der Waals surface area (Å²) < 4.78 is 7.74. The highest BCUT2D eigenvalue weighted by molar-refractivity contribution is 7.80. The van der Waals surface area contributed by atoms with Crippen molar-refractivity contribution >= 4 is 52.7 Å². The number of halogens is 2. The molecule has 11 heteroatoms. The number of fused-ring (bicyclic) bond motifs is 1. The van der Waals surface area contributed by atoms with Crippen molar-refractivity contribution in [1.82, 2.24) is 19.7 Å². The SMILES string of the molecule is CC(C)(O)O.SCC1CCC(n2ncc3c(NCc4ccccc4Cl)nc(Cl)nc32)O1. The van der Waals surface area contributed by atoms with Crippen LogP contribution in [0, 0.1) is 0 Å². The van der Waals surface area contributed by atoms with Crippen molar-refractivity contribution in [2.75, 3.05) is 11.1 Å². The summed E-state index contributed by atoms with van der Waals surface area (Å²) in [7, 11) is 0. The van der Waals surface area contributed by atoms with E-state index >= 15 is 0 Å². The molecule has 0 spiro atoms. The number of hydrogen-bond acceptors (Lipinski definition) is 8. The number of ether oxygens (including phenoxy) is 1. The van der Waals surface area contributed by atoms with E-state index in [1.807, 2.05) is 24.3 Å². The predicted molar refractivity (Wildman–Crippen MR) is 125 cm³/mol. The standard InChI is InChI=1S/C17H17Cl2N5OS.C3H8O2/c18-13-4-2-1-3-10(13)7-20-15-12-8-21-24(16(12)23-17(19)22-15)14-6-5-11(9-26)25-14;1-3(2,4)5/h1-4,8,11,14,26H,5-7,9H2,(H,20,22,23);4-5H,1-2H3. The Hall–Kier alpha value is -1.62. The quantitative estimate of drug-likeness (QED) is 0.245. The van der Waals surface area contributed by atoms with Gasteiger partial charge in [-0.15, -0.1) is 0 Å². The smallest absolute Gasteiger partial charge is 0.226 e. The lowest BCUT2D eigenvalue weighted by atomic mass is 10.2. The highest BCUT2D eigenvalue weighted by atomic mass is 35.5. The van der Waals surface area contributed by atoms with Crippen molar-refractivity contribution in [1.29, 1.82) is 0 Å². The third-order valence-corrected chi connectivity index (χ3v) is 5.34. The highest BCUT2D eigenvalue weighted by Gasteiger charge is 2.28. The molecule has 0 bridgehead atoms. The van der Waals surface area contributed by atoms with Crippen molar-refractivity contribution in [3.63, 3.8) is 0 Å². The van der Waals surface area contributed by atoms with Crippen LogP contribution in [0.4, 0.5) is 5.82 Å². The molecule has 1 fully saturated rings. The third-order valence-electron chi connectivity index (χ3n) is 4.39. The minimum absolute atomic E-state index is 0.137. The first kappa shape index (κ1) is 24.0. The lowest BCUT2D eigenvalue weighted by molar-refractivity contribution is -0.127. The van der Waals surface area contributed by atoms with E-state index in [4.69, 9.17) is 38.2 Å². The molecular weight excluding hydrogens is 461 g/mol. The summed E-state index contributed by atoms with van der Waals surface area (Å²) in [6, 6.07) is 7.66. The van der Waals surface area contributed by atoms with Crippen LogP contribution in [0.5, 0.6) is 0 Å². The van der Waals surface area contributed by atoms with Gasteiger partial charge in [0, 0.05) is 17.3 Å². The molecule has 1 aliphatic rings. The summed E-state index contributed by atoms with van der Waals surface area (Å²) in [4.78, 5) is 8.66. The van der Waals surface area contributed by atoms with E-state index in [0.29, 0.717) is 28.8 Å². The molecule has 1 aliphatic heterocycles. The average Bonchev–Trinajstić information content (AvgIpc) is 3.32. The van der Waals surface area contributed by atoms with Crippen molar-refractivity contribution in [2.45, 2.75) is 51.4 Å². The molecule has 1 saturated heterocycles. The molecule has 2 unspecified atom stereocenters. The van der Waals surface area contributed by atoms with Crippen LogP contribution >= 0.6 is 35.8 Å². The van der Waals surface area contributed by atoms with E-state index in [1.54, 1.807) is 10.9 Å². The highest BCUT2D eigenvalue weighted by Crippen LogP contribution is 2.32. The molecule has 0 amide bonds. The van der Waals surface area contributed by atoms with Gasteiger partial charge in [-0.2, -0.15) is 27.7 Å². The van der Waals surface area contributed by atoms with Crippen LogP contribution < -0.4 is 5.32 Å². The van der Waals surface area contributed by atoms with Crippen molar-refractivity contribution < 1.29 is 14.9 Å². The summed E-state index contributed by atoms with van der Waals surface area (Å²) in [5.74, 6) is -0.189. The predicted octanol–water partition coefficient (Wildman–Crippen LogP) is 4.06. The zero-order valence-electron chi connectivity index (χ0n) is 17.2. The molecule has 168 valence electrons. The van der Waals surface area contributed by atoms with Crippen molar-refractivity contribution in [3.05, 3.63) is 46.3 Å². The van der Waals surface area contributed by atoms with Crippen LogP contribution in [-0.4, -0.2) is 47.6 Å². The van der Waals surface area contributed by atoms with E-state index in [1.165, 1.54) is 13.8 Å². The van der Waals surface area contributed by atoms with E-state index in [2.05, 4.69) is 33.0 Å². The number of aliphatic hydroxyl groups is 2. The normalized spacial score (nSPS) is 18.7. The number of benzene rings is 1. The lowest BCUT2D eigenvalue weighted by Crippen LogP contribution is -2.15. The van der Waals surface area contributed by atoms with Gasteiger partial charge in [0.2, 0.25) is 5.28 Å². The zero-order valence-corrected chi connectivity index (χ0v) is 19.6. The summed E-state index contributed by atoms with van der Waals surface area (Å²) in [5.41, 5.74) is 1.62. The maximum atomic E-state index is 8.08. The van der Waals surface area contributed by atoms with Gasteiger partial charge in [0.15, 0.2) is 17.7 Å². The molecular formula is C20H25Cl2N5O3S. The number of thiol groups is 1. The molecule has 0 saturated carbocycles. The number of aromatic nitrogens is 4. The van der Waals surface area contributed by atoms with Crippen LogP contribution in [0.15, 0.2) is 30.5 Å². The van der Waals surface area contributed by atoms with Gasteiger partial charge in [0.25, 0.3) is 0 Å². The van der Waals surface area contributed by atoms with Crippen LogP contribution in [0.1, 0.15) is 38.5 Å². The number of hydrogen-bond donors (Lipinski definition) is 4. The van der Waals surface area contributed by atoms with E-state index < -0.39 is 5.79 Å². The largest absolute Gasteiger partial charge is 0.366 e. The van der Waals surface area contributed by atoms with Gasteiger partial charge in [-0.1, -0.05) is 29.8 Å². The van der Waals surface area contributed by atoms with Gasteiger partial charge >= 0.3 is 0 Å². The fourth-order valence-corrected chi connectivity index (χ4v) is 3.70. The molecule has 8 nitrogen and oxygen atoms in total. The summed E-state index contributed by atoms with van der Waals surface area (Å²) in [6.45, 7) is 3.12. The molecule has 4 rings (SSSR count). The maximum Gasteiger partial charge on any atom is 0.226 e.